The Labute approximate surface area is 75.0 Å². The minimum Gasteiger partial charge on any atom is -0.288 e. The van der Waals surface area contributed by atoms with Gasteiger partial charge in [-0.25, -0.2) is 0 Å². The molecule has 0 amide bonds. The molecule has 0 fully saturated rings. The third-order valence-electron chi connectivity index (χ3n) is 2.02. The van der Waals surface area contributed by atoms with Crippen LogP contribution in [0, 0.1) is 23.7 Å². The van der Waals surface area contributed by atoms with Crippen molar-refractivity contribution in [1.82, 2.24) is 5.32 Å². The standard InChI is InChI=1S/C10H16N2/c1-4-7-10(6-3,9-11)12-8-5-2/h2,12H,4,6-8H2,1,3H3. The lowest BCUT2D eigenvalue weighted by Gasteiger charge is -2.24. The first-order valence-corrected chi connectivity index (χ1v) is 4.34. The molecule has 0 heterocycles. The SMILES string of the molecule is C#CCNC(C#N)(CC)CCC. The zero-order valence-electron chi connectivity index (χ0n) is 7.85. The van der Waals surface area contributed by atoms with Gasteiger partial charge in [-0.3, -0.25) is 5.32 Å². The summed E-state index contributed by atoms with van der Waals surface area (Å²) in [5.74, 6) is 2.49. The first kappa shape index (κ1) is 11.0. The first-order chi connectivity index (χ1) is 5.74. The lowest BCUT2D eigenvalue weighted by molar-refractivity contribution is 0.387. The van der Waals surface area contributed by atoms with E-state index in [0.29, 0.717) is 6.54 Å². The lowest BCUT2D eigenvalue weighted by Crippen LogP contribution is -2.43. The third-order valence-corrected chi connectivity index (χ3v) is 2.02. The van der Waals surface area contributed by atoms with Gasteiger partial charge in [0.25, 0.3) is 0 Å². The maximum Gasteiger partial charge on any atom is 0.107 e. The zero-order valence-corrected chi connectivity index (χ0v) is 7.85. The molecule has 0 aliphatic rings. The van der Waals surface area contributed by atoms with E-state index < -0.39 is 5.54 Å². The van der Waals surface area contributed by atoms with E-state index in [2.05, 4.69) is 24.2 Å². The van der Waals surface area contributed by atoms with Gasteiger partial charge in [-0.2, -0.15) is 5.26 Å². The Morgan fingerprint density at radius 3 is 2.50 bits per heavy atom. The average molecular weight is 164 g/mol. The van der Waals surface area contributed by atoms with Crippen molar-refractivity contribution in [3.63, 3.8) is 0 Å². The van der Waals surface area contributed by atoms with E-state index in [0.717, 1.165) is 19.3 Å². The summed E-state index contributed by atoms with van der Waals surface area (Å²) >= 11 is 0. The highest BCUT2D eigenvalue weighted by Crippen LogP contribution is 2.15. The maximum atomic E-state index is 8.95. The van der Waals surface area contributed by atoms with Gasteiger partial charge < -0.3 is 0 Å². The summed E-state index contributed by atoms with van der Waals surface area (Å²) in [5.41, 5.74) is -0.402. The van der Waals surface area contributed by atoms with Gasteiger partial charge >= 0.3 is 0 Å². The van der Waals surface area contributed by atoms with Crippen molar-refractivity contribution in [3.05, 3.63) is 0 Å². The molecule has 0 rings (SSSR count). The molecule has 0 aliphatic heterocycles. The van der Waals surface area contributed by atoms with Crippen molar-refractivity contribution >= 4 is 0 Å². The second-order valence-electron chi connectivity index (χ2n) is 2.86. The van der Waals surface area contributed by atoms with Crippen LogP contribution < -0.4 is 5.32 Å². The van der Waals surface area contributed by atoms with Crippen LogP contribution in [0.1, 0.15) is 33.1 Å². The van der Waals surface area contributed by atoms with Crippen LogP contribution in [0.5, 0.6) is 0 Å². The fraction of sp³-hybridized carbons (Fsp3) is 0.700. The van der Waals surface area contributed by atoms with Crippen LogP contribution in [-0.4, -0.2) is 12.1 Å². The second-order valence-corrected chi connectivity index (χ2v) is 2.86. The molecule has 0 aromatic heterocycles. The smallest absolute Gasteiger partial charge is 0.107 e. The molecule has 0 saturated carbocycles. The summed E-state index contributed by atoms with van der Waals surface area (Å²) < 4.78 is 0. The monoisotopic (exact) mass is 164 g/mol. The Morgan fingerprint density at radius 2 is 2.17 bits per heavy atom. The summed E-state index contributed by atoms with van der Waals surface area (Å²) in [6.45, 7) is 4.54. The lowest BCUT2D eigenvalue weighted by atomic mass is 9.92. The molecule has 1 unspecified atom stereocenters. The van der Waals surface area contributed by atoms with Gasteiger partial charge in [0.1, 0.15) is 5.54 Å². The van der Waals surface area contributed by atoms with E-state index in [1.165, 1.54) is 0 Å². The van der Waals surface area contributed by atoms with E-state index >= 15 is 0 Å². The molecule has 0 aromatic carbocycles. The summed E-state index contributed by atoms with van der Waals surface area (Å²) in [5, 5.41) is 12.0. The van der Waals surface area contributed by atoms with E-state index in [-0.39, 0.29) is 0 Å². The van der Waals surface area contributed by atoms with Gasteiger partial charge in [0, 0.05) is 0 Å². The van der Waals surface area contributed by atoms with Crippen molar-refractivity contribution in [2.45, 2.75) is 38.6 Å². The zero-order chi connectivity index (χ0) is 9.45. The molecule has 0 saturated heterocycles. The number of hydrogen-bond acceptors (Lipinski definition) is 2. The van der Waals surface area contributed by atoms with Crippen LogP contribution in [0.2, 0.25) is 0 Å². The third kappa shape index (κ3) is 2.95. The van der Waals surface area contributed by atoms with Gasteiger partial charge in [-0.05, 0) is 12.8 Å². The number of nitriles is 1. The molecule has 1 N–H and O–H groups in total. The van der Waals surface area contributed by atoms with Gasteiger partial charge in [-0.1, -0.05) is 26.2 Å². The molecule has 1 atom stereocenters. The minimum absolute atomic E-state index is 0.402. The molecule has 2 nitrogen and oxygen atoms in total. The Morgan fingerprint density at radius 1 is 1.50 bits per heavy atom. The van der Waals surface area contributed by atoms with Crippen LogP contribution in [0.4, 0.5) is 0 Å². The van der Waals surface area contributed by atoms with Crippen LogP contribution in [-0.2, 0) is 0 Å². The van der Waals surface area contributed by atoms with Crippen LogP contribution in [0.15, 0.2) is 0 Å². The number of hydrogen-bond donors (Lipinski definition) is 1. The quantitative estimate of drug-likeness (QED) is 0.627. The molecule has 66 valence electrons. The Hall–Kier alpha value is -0.990. The molecule has 0 bridgehead atoms. The highest BCUT2D eigenvalue weighted by atomic mass is 15.0. The van der Waals surface area contributed by atoms with Crippen molar-refractivity contribution in [1.29, 1.82) is 5.26 Å². The topological polar surface area (TPSA) is 35.8 Å². The van der Waals surface area contributed by atoms with Gasteiger partial charge in [-0.15, -0.1) is 6.42 Å². The molecular weight excluding hydrogens is 148 g/mol. The van der Waals surface area contributed by atoms with Gasteiger partial charge in [0.15, 0.2) is 0 Å². The predicted molar refractivity (Wildman–Crippen MR) is 50.4 cm³/mol. The molecule has 12 heavy (non-hydrogen) atoms. The Kier molecular flexibility index (Phi) is 5.17. The van der Waals surface area contributed by atoms with E-state index in [4.69, 9.17) is 11.7 Å². The molecular formula is C10H16N2. The highest BCUT2D eigenvalue weighted by molar-refractivity contribution is 5.08. The van der Waals surface area contributed by atoms with Crippen molar-refractivity contribution in [2.24, 2.45) is 0 Å². The average Bonchev–Trinajstić information content (AvgIpc) is 2.13. The Balaban J connectivity index is 4.19. The summed E-state index contributed by atoms with van der Waals surface area (Å²) in [6, 6.07) is 2.29. The van der Waals surface area contributed by atoms with Crippen LogP contribution >= 0.6 is 0 Å². The largest absolute Gasteiger partial charge is 0.288 e. The molecule has 0 spiro atoms. The molecule has 0 radical (unpaired) electrons. The van der Waals surface area contributed by atoms with Crippen molar-refractivity contribution in [3.8, 4) is 18.4 Å². The Bertz CT molecular complexity index is 197. The van der Waals surface area contributed by atoms with Gasteiger partial charge in [0.05, 0.1) is 12.6 Å². The van der Waals surface area contributed by atoms with Crippen LogP contribution in [0.3, 0.4) is 0 Å². The molecule has 0 aliphatic carbocycles. The number of rotatable bonds is 5. The molecule has 0 aromatic rings. The summed E-state index contributed by atoms with van der Waals surface area (Å²) in [7, 11) is 0. The fourth-order valence-electron chi connectivity index (χ4n) is 1.21. The number of nitrogens with one attached hydrogen (secondary N) is 1. The first-order valence-electron chi connectivity index (χ1n) is 4.34. The van der Waals surface area contributed by atoms with Crippen molar-refractivity contribution < 1.29 is 0 Å². The van der Waals surface area contributed by atoms with E-state index in [1.54, 1.807) is 0 Å². The van der Waals surface area contributed by atoms with E-state index in [9.17, 15) is 0 Å². The predicted octanol–water partition coefficient (Wildman–Crippen LogP) is 1.68. The summed E-state index contributed by atoms with van der Waals surface area (Å²) in [4.78, 5) is 0. The highest BCUT2D eigenvalue weighted by Gasteiger charge is 2.25. The number of nitrogens with zero attached hydrogens (tertiary/aromatic N) is 1. The normalized spacial score (nSPS) is 14.3. The minimum atomic E-state index is -0.402. The van der Waals surface area contributed by atoms with E-state index in [1.807, 2.05) is 6.92 Å². The van der Waals surface area contributed by atoms with Gasteiger partial charge in [0.2, 0.25) is 0 Å². The number of terminal acetylenes is 1. The second kappa shape index (κ2) is 5.63. The van der Waals surface area contributed by atoms with Crippen LogP contribution in [0.25, 0.3) is 0 Å². The molecule has 2 heteroatoms. The maximum absolute atomic E-state index is 8.95. The fourth-order valence-corrected chi connectivity index (χ4v) is 1.21. The van der Waals surface area contributed by atoms with Crippen molar-refractivity contribution in [2.75, 3.05) is 6.54 Å². The summed E-state index contributed by atoms with van der Waals surface area (Å²) in [6.07, 6.45) is 7.79.